The lowest BCUT2D eigenvalue weighted by atomic mass is 10.0. The molecule has 0 spiro atoms. The van der Waals surface area contributed by atoms with Gasteiger partial charge in [0.2, 0.25) is 0 Å². The second kappa shape index (κ2) is 5.61. The van der Waals surface area contributed by atoms with E-state index in [0.717, 1.165) is 24.0 Å². The summed E-state index contributed by atoms with van der Waals surface area (Å²) in [6, 6.07) is 6.09. The van der Waals surface area contributed by atoms with Gasteiger partial charge in [-0.1, -0.05) is 17.7 Å². The second-order valence-electron chi connectivity index (χ2n) is 5.35. The summed E-state index contributed by atoms with van der Waals surface area (Å²) in [6.07, 6.45) is 2.39. The Morgan fingerprint density at radius 3 is 2.74 bits per heavy atom. The zero-order valence-electron chi connectivity index (χ0n) is 11.5. The Kier molecular flexibility index (Phi) is 4.10. The van der Waals surface area contributed by atoms with E-state index in [9.17, 15) is 9.90 Å². The van der Waals surface area contributed by atoms with Crippen LogP contribution in [0.4, 0.5) is 0 Å². The smallest absolute Gasteiger partial charge is 0.304 e. The number of aliphatic carboxylic acids is 1. The number of rotatable bonds is 6. The predicted octanol–water partition coefficient (Wildman–Crippen LogP) is 2.70. The van der Waals surface area contributed by atoms with Crippen LogP contribution < -0.4 is 0 Å². The highest BCUT2D eigenvalue weighted by molar-refractivity contribution is 5.66. The summed E-state index contributed by atoms with van der Waals surface area (Å²) in [7, 11) is 0. The van der Waals surface area contributed by atoms with Crippen molar-refractivity contribution in [1.29, 1.82) is 0 Å². The quantitative estimate of drug-likeness (QED) is 0.828. The summed E-state index contributed by atoms with van der Waals surface area (Å²) in [6.45, 7) is 4.57. The largest absolute Gasteiger partial charge is 0.508 e. The summed E-state index contributed by atoms with van der Waals surface area (Å²) in [4.78, 5) is 12.9. The Morgan fingerprint density at radius 2 is 2.16 bits per heavy atom. The molecule has 0 heterocycles. The van der Waals surface area contributed by atoms with E-state index in [0.29, 0.717) is 18.3 Å². The van der Waals surface area contributed by atoms with E-state index < -0.39 is 5.97 Å². The van der Waals surface area contributed by atoms with Crippen LogP contribution in [-0.4, -0.2) is 33.7 Å². The lowest BCUT2D eigenvalue weighted by Gasteiger charge is -2.29. The Balaban J connectivity index is 2.16. The average Bonchev–Trinajstić information content (AvgIpc) is 3.16. The van der Waals surface area contributed by atoms with Gasteiger partial charge in [-0.15, -0.1) is 0 Å². The number of aryl methyl sites for hydroxylation is 1. The summed E-state index contributed by atoms with van der Waals surface area (Å²) < 4.78 is 0. The normalized spacial score (nSPS) is 16.6. The van der Waals surface area contributed by atoms with Crippen molar-refractivity contribution in [1.82, 2.24) is 4.90 Å². The van der Waals surface area contributed by atoms with Crippen LogP contribution in [0.15, 0.2) is 18.2 Å². The summed E-state index contributed by atoms with van der Waals surface area (Å²) >= 11 is 0. The molecule has 0 aliphatic heterocycles. The van der Waals surface area contributed by atoms with Gasteiger partial charge in [-0.25, -0.2) is 0 Å². The molecule has 4 heteroatoms. The van der Waals surface area contributed by atoms with Crippen LogP contribution in [0.2, 0.25) is 0 Å². The highest BCUT2D eigenvalue weighted by atomic mass is 16.4. The van der Waals surface area contributed by atoms with Crippen LogP contribution in [0.3, 0.4) is 0 Å². The van der Waals surface area contributed by atoms with E-state index in [1.807, 2.05) is 26.0 Å². The number of phenolic OH excluding ortho intramolecular Hbond substituents is 1. The molecule has 2 rings (SSSR count). The van der Waals surface area contributed by atoms with Gasteiger partial charge in [0.05, 0.1) is 6.42 Å². The maximum atomic E-state index is 10.8. The van der Waals surface area contributed by atoms with Crippen molar-refractivity contribution in [2.45, 2.75) is 45.2 Å². The number of aromatic hydroxyl groups is 1. The van der Waals surface area contributed by atoms with E-state index in [1.54, 1.807) is 6.07 Å². The van der Waals surface area contributed by atoms with Gasteiger partial charge < -0.3 is 10.2 Å². The summed E-state index contributed by atoms with van der Waals surface area (Å²) in [5.74, 6) is -0.481. The molecule has 2 N–H and O–H groups in total. The first-order chi connectivity index (χ1) is 8.99. The molecule has 1 fully saturated rings. The third kappa shape index (κ3) is 3.47. The zero-order valence-corrected chi connectivity index (χ0v) is 11.5. The van der Waals surface area contributed by atoms with Crippen LogP contribution in [-0.2, 0) is 4.79 Å². The molecule has 0 bridgehead atoms. The highest BCUT2D eigenvalue weighted by Crippen LogP contribution is 2.37. The number of nitrogens with zero attached hydrogens (tertiary/aromatic N) is 1. The van der Waals surface area contributed by atoms with Crippen molar-refractivity contribution in [3.05, 3.63) is 29.3 Å². The molecular formula is C15H21NO3. The summed E-state index contributed by atoms with van der Waals surface area (Å²) in [5, 5.41) is 18.8. The van der Waals surface area contributed by atoms with Gasteiger partial charge >= 0.3 is 5.97 Å². The van der Waals surface area contributed by atoms with E-state index >= 15 is 0 Å². The maximum absolute atomic E-state index is 10.8. The Bertz CT molecular complexity index is 468. The number of phenols is 1. The Morgan fingerprint density at radius 1 is 1.47 bits per heavy atom. The van der Waals surface area contributed by atoms with Gasteiger partial charge in [-0.3, -0.25) is 9.69 Å². The van der Waals surface area contributed by atoms with Gasteiger partial charge in [0.25, 0.3) is 0 Å². The van der Waals surface area contributed by atoms with Crippen molar-refractivity contribution in [3.8, 4) is 5.75 Å². The van der Waals surface area contributed by atoms with E-state index in [1.165, 1.54) is 0 Å². The van der Waals surface area contributed by atoms with Crippen molar-refractivity contribution in [3.63, 3.8) is 0 Å². The van der Waals surface area contributed by atoms with E-state index in [4.69, 9.17) is 5.11 Å². The summed E-state index contributed by atoms with van der Waals surface area (Å²) in [5.41, 5.74) is 1.99. The molecule has 1 saturated carbocycles. The van der Waals surface area contributed by atoms with Crippen LogP contribution in [0.5, 0.6) is 5.75 Å². The minimum Gasteiger partial charge on any atom is -0.508 e. The van der Waals surface area contributed by atoms with Crippen molar-refractivity contribution in [2.24, 2.45) is 0 Å². The number of carboxylic acid groups (broad SMARTS) is 1. The minimum absolute atomic E-state index is 0.0479. The van der Waals surface area contributed by atoms with Gasteiger partial charge in [0.15, 0.2) is 0 Å². The molecule has 1 aromatic carbocycles. The fraction of sp³-hybridized carbons (Fsp3) is 0.533. The average molecular weight is 263 g/mol. The number of carbonyl (C=O) groups is 1. The van der Waals surface area contributed by atoms with Gasteiger partial charge in [-0.2, -0.15) is 0 Å². The maximum Gasteiger partial charge on any atom is 0.304 e. The SMILES string of the molecule is Cc1ccc(O)c(C(C)N(CCC(=O)O)C2CC2)c1. The van der Waals surface area contributed by atoms with Gasteiger partial charge in [0.1, 0.15) is 5.75 Å². The first kappa shape index (κ1) is 13.9. The molecule has 1 unspecified atom stereocenters. The molecular weight excluding hydrogens is 242 g/mol. The first-order valence-electron chi connectivity index (χ1n) is 6.76. The van der Waals surface area contributed by atoms with Crippen molar-refractivity contribution >= 4 is 5.97 Å². The van der Waals surface area contributed by atoms with Crippen LogP contribution >= 0.6 is 0 Å². The molecule has 1 aliphatic rings. The van der Waals surface area contributed by atoms with E-state index in [-0.39, 0.29) is 12.5 Å². The standard InChI is InChI=1S/C15H21NO3/c1-10-3-6-14(17)13(9-10)11(2)16(12-4-5-12)8-7-15(18)19/h3,6,9,11-12,17H,4-5,7-8H2,1-2H3,(H,18,19). The molecule has 1 atom stereocenters. The minimum atomic E-state index is -0.772. The van der Waals surface area contributed by atoms with Crippen molar-refractivity contribution in [2.75, 3.05) is 6.54 Å². The third-order valence-corrected chi connectivity index (χ3v) is 3.73. The van der Waals surface area contributed by atoms with Crippen LogP contribution in [0.1, 0.15) is 43.4 Å². The molecule has 0 saturated heterocycles. The molecule has 1 aliphatic carbocycles. The second-order valence-corrected chi connectivity index (χ2v) is 5.35. The topological polar surface area (TPSA) is 60.8 Å². The number of hydrogen-bond donors (Lipinski definition) is 2. The molecule has 0 radical (unpaired) electrons. The molecule has 4 nitrogen and oxygen atoms in total. The van der Waals surface area contributed by atoms with Crippen molar-refractivity contribution < 1.29 is 15.0 Å². The number of carboxylic acids is 1. The monoisotopic (exact) mass is 263 g/mol. The molecule has 0 amide bonds. The zero-order chi connectivity index (χ0) is 14.0. The van der Waals surface area contributed by atoms with E-state index in [2.05, 4.69) is 4.90 Å². The third-order valence-electron chi connectivity index (χ3n) is 3.73. The molecule has 104 valence electrons. The number of benzene rings is 1. The van der Waals surface area contributed by atoms with Crippen LogP contribution in [0, 0.1) is 6.92 Å². The van der Waals surface area contributed by atoms with Crippen LogP contribution in [0.25, 0.3) is 0 Å². The first-order valence-corrected chi connectivity index (χ1v) is 6.76. The van der Waals surface area contributed by atoms with Gasteiger partial charge in [0, 0.05) is 24.2 Å². The molecule has 0 aromatic heterocycles. The highest BCUT2D eigenvalue weighted by Gasteiger charge is 2.33. The Labute approximate surface area is 113 Å². The Hall–Kier alpha value is -1.55. The fourth-order valence-electron chi connectivity index (χ4n) is 2.51. The van der Waals surface area contributed by atoms with Gasteiger partial charge in [-0.05, 0) is 32.8 Å². The fourth-order valence-corrected chi connectivity index (χ4v) is 2.51. The lowest BCUT2D eigenvalue weighted by Crippen LogP contribution is -2.31. The molecule has 19 heavy (non-hydrogen) atoms. The number of hydrogen-bond acceptors (Lipinski definition) is 3. The lowest BCUT2D eigenvalue weighted by molar-refractivity contribution is -0.137. The predicted molar refractivity (Wildman–Crippen MR) is 73.2 cm³/mol. The molecule has 1 aromatic rings.